The van der Waals surface area contributed by atoms with Crippen LogP contribution in [0.5, 0.6) is 5.88 Å². The number of primary amides is 1. The van der Waals surface area contributed by atoms with Crippen molar-refractivity contribution in [2.45, 2.75) is 0 Å². The zero-order valence-electron chi connectivity index (χ0n) is 8.61. The number of hydroxylamine groups is 2. The fourth-order valence-electron chi connectivity index (χ4n) is 0.884. The summed E-state index contributed by atoms with van der Waals surface area (Å²) in [5.41, 5.74) is 4.97. The molecule has 0 fully saturated rings. The molecule has 0 aromatic carbocycles. The fourth-order valence-corrected chi connectivity index (χ4v) is 0.884. The Labute approximate surface area is 90.2 Å². The van der Waals surface area contributed by atoms with Crippen molar-refractivity contribution in [3.8, 4) is 5.88 Å². The van der Waals surface area contributed by atoms with Crippen molar-refractivity contribution in [2.75, 3.05) is 14.2 Å². The number of nitrogens with zero attached hydrogens (tertiary/aromatic N) is 3. The van der Waals surface area contributed by atoms with Gasteiger partial charge in [-0.05, 0) is 5.23 Å². The van der Waals surface area contributed by atoms with E-state index in [4.69, 9.17) is 10.5 Å². The highest BCUT2D eigenvalue weighted by molar-refractivity contribution is 5.76. The number of carbonyl (C=O) groups is 2. The summed E-state index contributed by atoms with van der Waals surface area (Å²) in [4.78, 5) is 31.1. The average molecular weight is 230 g/mol. The number of nitrogens with two attached hydrogens (primary N) is 1. The van der Waals surface area contributed by atoms with E-state index in [1.807, 2.05) is 0 Å². The summed E-state index contributed by atoms with van der Waals surface area (Å²) in [6.07, 6.45) is 0.269. The molecule has 0 bridgehead atoms. The number of rotatable bonds is 3. The van der Waals surface area contributed by atoms with Crippen molar-refractivity contribution in [1.29, 1.82) is 0 Å². The zero-order valence-corrected chi connectivity index (χ0v) is 8.61. The Balaban J connectivity index is 2.76. The average Bonchev–Trinajstić information content (AvgIpc) is 2.67. The number of carbonyl (C=O) groups excluding carboxylic acids is 2. The molecule has 9 heteroatoms. The highest BCUT2D eigenvalue weighted by Crippen LogP contribution is 2.10. The van der Waals surface area contributed by atoms with E-state index in [1.54, 1.807) is 0 Å². The molecule has 0 spiro atoms. The van der Waals surface area contributed by atoms with Gasteiger partial charge >= 0.3 is 12.1 Å². The topological polar surface area (TPSA) is 109 Å². The number of aromatic nitrogens is 2. The Bertz CT molecular complexity index is 386. The van der Waals surface area contributed by atoms with Crippen LogP contribution in [0.3, 0.4) is 0 Å². The Morgan fingerprint density at radius 2 is 2.06 bits per heavy atom. The number of amides is 2. The minimum atomic E-state index is -0.979. The summed E-state index contributed by atoms with van der Waals surface area (Å²) in [5, 5.41) is 4.02. The predicted molar refractivity (Wildman–Crippen MR) is 49.1 cm³/mol. The molecule has 88 valence electrons. The smallest absolute Gasteiger partial charge is 0.388 e. The molecular weight excluding hydrogens is 220 g/mol. The third-order valence-corrected chi connectivity index (χ3v) is 1.49. The summed E-state index contributed by atoms with van der Waals surface area (Å²) in [6.45, 7) is 0. The van der Waals surface area contributed by atoms with Gasteiger partial charge in [-0.1, -0.05) is 0 Å². The van der Waals surface area contributed by atoms with Crippen molar-refractivity contribution < 1.29 is 24.0 Å². The van der Waals surface area contributed by atoms with Gasteiger partial charge in [0.2, 0.25) is 5.88 Å². The molecule has 1 aromatic heterocycles. The van der Waals surface area contributed by atoms with Gasteiger partial charge in [-0.25, -0.2) is 19.3 Å². The van der Waals surface area contributed by atoms with Crippen LogP contribution in [-0.4, -0.2) is 41.4 Å². The maximum Gasteiger partial charge on any atom is 0.466 e. The van der Waals surface area contributed by atoms with E-state index >= 15 is 0 Å². The summed E-state index contributed by atoms with van der Waals surface area (Å²) < 4.78 is 5.44. The summed E-state index contributed by atoms with van der Waals surface area (Å²) in [5.74, 6) is -0.142. The predicted octanol–water partition coefficient (Wildman–Crippen LogP) is -0.266. The number of ether oxygens (including phenoxy) is 1. The van der Waals surface area contributed by atoms with Crippen LogP contribution in [0.15, 0.2) is 12.3 Å². The van der Waals surface area contributed by atoms with Crippen LogP contribution < -0.4 is 10.5 Å². The van der Waals surface area contributed by atoms with Gasteiger partial charge in [-0.2, -0.15) is 5.10 Å². The van der Waals surface area contributed by atoms with Crippen LogP contribution >= 0.6 is 0 Å². The summed E-state index contributed by atoms with van der Waals surface area (Å²) >= 11 is 0. The monoisotopic (exact) mass is 230 g/mol. The molecule has 0 unspecified atom stereocenters. The molecule has 16 heavy (non-hydrogen) atoms. The van der Waals surface area contributed by atoms with E-state index in [-0.39, 0.29) is 5.88 Å². The van der Waals surface area contributed by atoms with Crippen molar-refractivity contribution >= 4 is 12.1 Å². The van der Waals surface area contributed by atoms with E-state index in [2.05, 4.69) is 14.8 Å². The Morgan fingerprint density at radius 3 is 2.56 bits per heavy atom. The van der Waals surface area contributed by atoms with E-state index in [0.29, 0.717) is 9.91 Å². The molecule has 0 atom stereocenters. The molecule has 1 heterocycles. The highest BCUT2D eigenvalue weighted by Gasteiger charge is 2.19. The normalized spacial score (nSPS) is 9.88. The number of hydrogen-bond donors (Lipinski definition) is 1. The van der Waals surface area contributed by atoms with Crippen LogP contribution in [0, 0.1) is 0 Å². The second-order valence-electron chi connectivity index (χ2n) is 2.41. The first-order chi connectivity index (χ1) is 7.60. The van der Waals surface area contributed by atoms with Crippen LogP contribution in [0.4, 0.5) is 9.59 Å². The van der Waals surface area contributed by atoms with E-state index in [1.165, 1.54) is 26.5 Å². The lowest BCUT2D eigenvalue weighted by molar-refractivity contribution is -0.305. The largest absolute Gasteiger partial charge is 0.466 e. The van der Waals surface area contributed by atoms with Gasteiger partial charge in [0, 0.05) is 6.07 Å². The molecule has 9 nitrogen and oxygen atoms in total. The first-order valence-corrected chi connectivity index (χ1v) is 4.04. The van der Waals surface area contributed by atoms with Gasteiger partial charge in [-0.15, -0.1) is 4.68 Å². The lowest BCUT2D eigenvalue weighted by atomic mass is 10.7. The quantitative estimate of drug-likeness (QED) is 0.716. The van der Waals surface area contributed by atoms with Gasteiger partial charge in [-0.3, -0.25) is 0 Å². The van der Waals surface area contributed by atoms with E-state index in [0.717, 1.165) is 0 Å². The minimum absolute atomic E-state index is 0.142. The first-order valence-electron chi connectivity index (χ1n) is 4.04. The Hall–Kier alpha value is -2.13. The second-order valence-corrected chi connectivity index (χ2v) is 2.41. The summed E-state index contributed by atoms with van der Waals surface area (Å²) in [7, 11) is 2.41. The zero-order chi connectivity index (χ0) is 12.1. The highest BCUT2D eigenvalue weighted by atomic mass is 17.0. The molecular formula is C7H10N4O5. The third kappa shape index (κ3) is 2.46. The minimum Gasteiger partial charge on any atom is -0.388 e. The van der Waals surface area contributed by atoms with Crippen molar-refractivity contribution in [2.24, 2.45) is 5.73 Å². The number of hydrogen-bond acceptors (Lipinski definition) is 6. The van der Waals surface area contributed by atoms with Crippen molar-refractivity contribution in [1.82, 2.24) is 15.0 Å². The summed E-state index contributed by atoms with van der Waals surface area (Å²) in [6, 6.07) is 0.404. The van der Waals surface area contributed by atoms with Crippen LogP contribution in [-0.2, 0) is 9.68 Å². The van der Waals surface area contributed by atoms with Crippen LogP contribution in [0.2, 0.25) is 0 Å². The maximum atomic E-state index is 11.3. The molecule has 2 N–H and O–H groups in total. The Kier molecular flexibility index (Phi) is 3.80. The third-order valence-electron chi connectivity index (χ3n) is 1.49. The SMILES string of the molecule is CON(OC)C(=O)Oc1ccnn1C(N)=O. The standard InChI is InChI=1S/C7H10N4O5/c1-14-11(15-2)7(13)16-5-3-4-9-10(5)6(8)12/h3-4H,1-2H3,(H2,8,12). The van der Waals surface area contributed by atoms with Gasteiger partial charge in [0.15, 0.2) is 0 Å². The molecule has 0 aliphatic rings. The van der Waals surface area contributed by atoms with Crippen LogP contribution in [0.25, 0.3) is 0 Å². The molecule has 0 aliphatic carbocycles. The fraction of sp³-hybridized carbons (Fsp3) is 0.286. The van der Waals surface area contributed by atoms with Crippen molar-refractivity contribution in [3.05, 3.63) is 12.3 Å². The second kappa shape index (κ2) is 5.09. The van der Waals surface area contributed by atoms with Gasteiger partial charge in [0.05, 0.1) is 20.4 Å². The molecule has 1 aromatic rings. The van der Waals surface area contributed by atoms with Gasteiger partial charge in [0.25, 0.3) is 0 Å². The van der Waals surface area contributed by atoms with Gasteiger partial charge in [0.1, 0.15) is 0 Å². The Morgan fingerprint density at radius 1 is 1.44 bits per heavy atom. The van der Waals surface area contributed by atoms with E-state index < -0.39 is 12.1 Å². The molecule has 0 aliphatic heterocycles. The lowest BCUT2D eigenvalue weighted by Gasteiger charge is -2.14. The molecule has 2 amide bonds. The molecule has 0 saturated heterocycles. The lowest BCUT2D eigenvalue weighted by Crippen LogP contribution is -2.33. The molecule has 0 saturated carbocycles. The van der Waals surface area contributed by atoms with E-state index in [9.17, 15) is 9.59 Å². The van der Waals surface area contributed by atoms with Crippen LogP contribution in [0.1, 0.15) is 0 Å². The first kappa shape index (κ1) is 11.9. The van der Waals surface area contributed by atoms with Crippen molar-refractivity contribution in [3.63, 3.8) is 0 Å². The maximum absolute atomic E-state index is 11.3. The molecule has 0 radical (unpaired) electrons. The molecule has 1 rings (SSSR count). The van der Waals surface area contributed by atoms with Gasteiger partial charge < -0.3 is 10.5 Å².